The van der Waals surface area contributed by atoms with E-state index in [-0.39, 0.29) is 29.7 Å². The lowest BCUT2D eigenvalue weighted by Gasteiger charge is -2.31. The number of hydrogen-bond acceptors (Lipinski definition) is 6. The van der Waals surface area contributed by atoms with E-state index >= 15 is 0 Å². The van der Waals surface area contributed by atoms with Crippen molar-refractivity contribution in [2.75, 3.05) is 19.7 Å². The first-order valence-corrected chi connectivity index (χ1v) is 9.56. The smallest absolute Gasteiger partial charge is 0.337 e. The van der Waals surface area contributed by atoms with Crippen LogP contribution in [0.1, 0.15) is 44.8 Å². The Bertz CT molecular complexity index is 839. The first kappa shape index (κ1) is 18.8. The number of carboxylic acids is 1. The third-order valence-corrected chi connectivity index (χ3v) is 6.10. The van der Waals surface area contributed by atoms with Gasteiger partial charge in [-0.3, -0.25) is 4.79 Å². The van der Waals surface area contributed by atoms with Crippen molar-refractivity contribution in [2.24, 2.45) is 5.92 Å². The highest BCUT2D eigenvalue weighted by Gasteiger charge is 2.30. The van der Waals surface area contributed by atoms with Crippen LogP contribution in [0, 0.1) is 12.8 Å². The molecule has 8 heteroatoms. The van der Waals surface area contributed by atoms with Gasteiger partial charge in [-0.2, -0.15) is 0 Å². The molecule has 1 fully saturated rings. The van der Waals surface area contributed by atoms with Gasteiger partial charge in [-0.15, -0.1) is 11.3 Å². The van der Waals surface area contributed by atoms with Crippen LogP contribution in [0.3, 0.4) is 0 Å². The Hall–Kier alpha value is -2.03. The van der Waals surface area contributed by atoms with E-state index in [9.17, 15) is 19.8 Å². The summed E-state index contributed by atoms with van der Waals surface area (Å²) in [7, 11) is 0. The third kappa shape index (κ3) is 3.87. The van der Waals surface area contributed by atoms with Crippen molar-refractivity contribution in [2.45, 2.75) is 32.2 Å². The Kier molecular flexibility index (Phi) is 5.85. The Labute approximate surface area is 155 Å². The van der Waals surface area contributed by atoms with Gasteiger partial charge < -0.3 is 20.1 Å². The minimum Gasteiger partial charge on any atom is -0.478 e. The summed E-state index contributed by atoms with van der Waals surface area (Å²) in [6.07, 6.45) is 3.75. The average Bonchev–Trinajstić information content (AvgIpc) is 2.98. The number of nitrogens with one attached hydrogen (secondary N) is 1. The van der Waals surface area contributed by atoms with Crippen molar-refractivity contribution in [3.8, 4) is 0 Å². The van der Waals surface area contributed by atoms with Crippen molar-refractivity contribution >= 4 is 17.3 Å². The molecule has 7 nitrogen and oxygen atoms in total. The minimum atomic E-state index is -1.06. The van der Waals surface area contributed by atoms with Crippen molar-refractivity contribution in [1.29, 1.82) is 0 Å². The summed E-state index contributed by atoms with van der Waals surface area (Å²) in [6.45, 7) is 3.68. The van der Waals surface area contributed by atoms with Gasteiger partial charge in [0.15, 0.2) is 0 Å². The molecule has 0 aliphatic carbocycles. The van der Waals surface area contributed by atoms with E-state index in [2.05, 4.69) is 10.3 Å². The van der Waals surface area contributed by atoms with Crippen molar-refractivity contribution in [1.82, 2.24) is 14.9 Å². The van der Waals surface area contributed by atoms with Crippen LogP contribution < -0.4 is 10.9 Å². The molecule has 1 atom stereocenters. The van der Waals surface area contributed by atoms with Crippen LogP contribution in [0.15, 0.2) is 23.1 Å². The number of hydrogen-bond donors (Lipinski definition) is 3. The molecular formula is C18H23N3O4S. The van der Waals surface area contributed by atoms with Gasteiger partial charge in [0.2, 0.25) is 0 Å². The van der Waals surface area contributed by atoms with Gasteiger partial charge in [0, 0.05) is 30.2 Å². The second kappa shape index (κ2) is 8.11. The summed E-state index contributed by atoms with van der Waals surface area (Å²) < 4.78 is 1.53. The standard InChI is InChI=1S/C18H23N3O4S/c1-11-14(6-9-22)26-17(20-11)16(12-4-7-19-8-5-12)21-10-13(18(24)25)2-3-15(21)23/h2-3,10,12,16,19,22H,4-9H2,1H3,(H,24,25)/t16-/m1/s1. The number of piperidine rings is 1. The number of thiazole rings is 1. The number of aliphatic hydroxyl groups excluding tert-OH is 1. The zero-order valence-electron chi connectivity index (χ0n) is 14.6. The van der Waals surface area contributed by atoms with E-state index in [1.165, 1.54) is 34.2 Å². The Morgan fingerprint density at radius 2 is 2.15 bits per heavy atom. The van der Waals surface area contributed by atoms with Crippen LogP contribution in [0.25, 0.3) is 0 Å². The van der Waals surface area contributed by atoms with Crippen molar-refractivity contribution in [3.05, 3.63) is 49.8 Å². The second-order valence-corrected chi connectivity index (χ2v) is 7.65. The summed E-state index contributed by atoms with van der Waals surface area (Å²) in [6, 6.07) is 2.36. The van der Waals surface area contributed by atoms with Crippen molar-refractivity contribution < 1.29 is 15.0 Å². The number of aromatic carboxylic acids is 1. The molecule has 0 radical (unpaired) electrons. The average molecular weight is 377 g/mol. The van der Waals surface area contributed by atoms with Gasteiger partial charge in [0.25, 0.3) is 5.56 Å². The maximum atomic E-state index is 12.6. The molecule has 2 aromatic rings. The van der Waals surface area contributed by atoms with Gasteiger partial charge in [-0.1, -0.05) is 0 Å². The zero-order chi connectivity index (χ0) is 18.7. The lowest BCUT2D eigenvalue weighted by Crippen LogP contribution is -2.36. The Balaban J connectivity index is 2.09. The number of aliphatic hydroxyl groups is 1. The molecule has 0 unspecified atom stereocenters. The first-order valence-electron chi connectivity index (χ1n) is 8.74. The second-order valence-electron chi connectivity index (χ2n) is 6.53. The summed E-state index contributed by atoms with van der Waals surface area (Å²) in [5, 5.41) is 22.7. The number of carbonyl (C=O) groups is 1. The van der Waals surface area contributed by atoms with Gasteiger partial charge >= 0.3 is 5.97 Å². The van der Waals surface area contributed by atoms with E-state index in [1.807, 2.05) is 6.92 Å². The molecule has 0 aromatic carbocycles. The highest BCUT2D eigenvalue weighted by Crippen LogP contribution is 2.35. The van der Waals surface area contributed by atoms with Gasteiger partial charge in [-0.25, -0.2) is 9.78 Å². The topological polar surface area (TPSA) is 104 Å². The van der Waals surface area contributed by atoms with Gasteiger partial charge in [0.1, 0.15) is 5.01 Å². The van der Waals surface area contributed by atoms with Crippen LogP contribution in [0.2, 0.25) is 0 Å². The lowest BCUT2D eigenvalue weighted by molar-refractivity contribution is 0.0695. The molecule has 3 rings (SSSR count). The van der Waals surface area contributed by atoms with Gasteiger partial charge in [-0.05, 0) is 44.8 Å². The minimum absolute atomic E-state index is 0.0505. The van der Waals surface area contributed by atoms with Crippen LogP contribution >= 0.6 is 11.3 Å². The lowest BCUT2D eigenvalue weighted by atomic mass is 9.90. The number of pyridine rings is 1. The predicted octanol–water partition coefficient (Wildman–Crippen LogP) is 1.44. The number of nitrogens with zero attached hydrogens (tertiary/aromatic N) is 2. The van der Waals surface area contributed by atoms with Crippen LogP contribution in [0.5, 0.6) is 0 Å². The summed E-state index contributed by atoms with van der Waals surface area (Å²) >= 11 is 1.50. The van der Waals surface area contributed by atoms with Gasteiger partial charge in [0.05, 0.1) is 17.3 Å². The SMILES string of the molecule is Cc1nc([C@@H](C2CCNCC2)n2cc(C(=O)O)ccc2=O)sc1CCO. The zero-order valence-corrected chi connectivity index (χ0v) is 15.5. The molecule has 0 spiro atoms. The fourth-order valence-corrected chi connectivity index (χ4v) is 4.71. The van der Waals surface area contributed by atoms with Crippen LogP contribution in [-0.4, -0.2) is 45.4 Å². The molecule has 0 amide bonds. The highest BCUT2D eigenvalue weighted by molar-refractivity contribution is 7.11. The fourth-order valence-electron chi connectivity index (χ4n) is 3.47. The van der Waals surface area contributed by atoms with E-state index in [4.69, 9.17) is 0 Å². The predicted molar refractivity (Wildman–Crippen MR) is 99.0 cm³/mol. The number of rotatable bonds is 6. The van der Waals surface area contributed by atoms with Crippen LogP contribution in [-0.2, 0) is 6.42 Å². The molecule has 140 valence electrons. The highest BCUT2D eigenvalue weighted by atomic mass is 32.1. The van der Waals surface area contributed by atoms with E-state index in [0.29, 0.717) is 6.42 Å². The molecule has 3 heterocycles. The molecule has 1 saturated heterocycles. The summed E-state index contributed by atoms with van der Waals surface area (Å²) in [5.74, 6) is -0.857. The molecular weight excluding hydrogens is 354 g/mol. The van der Waals surface area contributed by atoms with E-state index in [0.717, 1.165) is 41.5 Å². The molecule has 1 aliphatic heterocycles. The molecule has 3 N–H and O–H groups in total. The molecule has 2 aromatic heterocycles. The number of carboxylic acid groups (broad SMARTS) is 1. The third-order valence-electron chi connectivity index (χ3n) is 4.82. The van der Waals surface area contributed by atoms with Crippen LogP contribution in [0.4, 0.5) is 0 Å². The fraction of sp³-hybridized carbons (Fsp3) is 0.500. The van der Waals surface area contributed by atoms with Crippen molar-refractivity contribution in [3.63, 3.8) is 0 Å². The maximum absolute atomic E-state index is 12.6. The quantitative estimate of drug-likeness (QED) is 0.704. The Morgan fingerprint density at radius 1 is 1.42 bits per heavy atom. The Morgan fingerprint density at radius 3 is 2.81 bits per heavy atom. The molecule has 0 bridgehead atoms. The summed E-state index contributed by atoms with van der Waals surface area (Å²) in [5.41, 5.74) is 0.725. The maximum Gasteiger partial charge on any atom is 0.337 e. The number of aryl methyl sites for hydroxylation is 1. The molecule has 0 saturated carbocycles. The first-order chi connectivity index (χ1) is 12.5. The molecule has 26 heavy (non-hydrogen) atoms. The number of aromatic nitrogens is 2. The normalized spacial score (nSPS) is 16.5. The van der Waals surface area contributed by atoms with E-state index < -0.39 is 5.97 Å². The van der Waals surface area contributed by atoms with E-state index in [1.54, 1.807) is 0 Å². The molecule has 1 aliphatic rings. The monoisotopic (exact) mass is 377 g/mol. The summed E-state index contributed by atoms with van der Waals surface area (Å²) in [4.78, 5) is 29.6. The largest absolute Gasteiger partial charge is 0.478 e.